The van der Waals surface area contributed by atoms with Gasteiger partial charge in [0.25, 0.3) is 5.91 Å². The van der Waals surface area contributed by atoms with Crippen LogP contribution in [0.1, 0.15) is 40.2 Å². The Morgan fingerprint density at radius 2 is 2.00 bits per heavy atom. The van der Waals surface area contributed by atoms with Crippen molar-refractivity contribution in [3.8, 4) is 17.1 Å². The van der Waals surface area contributed by atoms with Gasteiger partial charge in [0.1, 0.15) is 28.2 Å². The Morgan fingerprint density at radius 1 is 1.22 bits per heavy atom. The fourth-order valence-corrected chi connectivity index (χ4v) is 4.33. The molecule has 0 fully saturated rings. The summed E-state index contributed by atoms with van der Waals surface area (Å²) in [6, 6.07) is 9.92. The quantitative estimate of drug-likeness (QED) is 0.330. The summed E-state index contributed by atoms with van der Waals surface area (Å²) < 4.78 is 27.8. The standard InChI is InChI=1S/C26H20ClFN4O4/c1-12-8-16(14(3)35-18-5-6-19(27)31-22(18)26(29)34)25-17(9-12)23(33)13(2)24(36-25)15-4-7-21-30-10-20(28)32(21)11-15/h4-11,14H,1-3H3,(H2,29,34)/t14-/m1/s1. The van der Waals surface area contributed by atoms with Crippen LogP contribution in [0.25, 0.3) is 27.9 Å². The van der Waals surface area contributed by atoms with Crippen molar-refractivity contribution < 1.29 is 18.3 Å². The molecule has 0 radical (unpaired) electrons. The molecule has 5 rings (SSSR count). The molecule has 0 unspecified atom stereocenters. The zero-order valence-electron chi connectivity index (χ0n) is 19.5. The molecule has 0 aliphatic heterocycles. The van der Waals surface area contributed by atoms with E-state index in [9.17, 15) is 14.0 Å². The molecular formula is C26H20ClFN4O4. The van der Waals surface area contributed by atoms with Crippen molar-refractivity contribution in [1.82, 2.24) is 14.4 Å². The first-order valence-corrected chi connectivity index (χ1v) is 11.4. The number of aromatic nitrogens is 3. The number of ether oxygens (including phenoxy) is 1. The van der Waals surface area contributed by atoms with Crippen molar-refractivity contribution >= 4 is 34.1 Å². The molecule has 10 heteroatoms. The predicted octanol–water partition coefficient (Wildman–Crippen LogP) is 5.15. The summed E-state index contributed by atoms with van der Waals surface area (Å²) in [5, 5.41) is 0.475. The molecule has 36 heavy (non-hydrogen) atoms. The average molecular weight is 507 g/mol. The van der Waals surface area contributed by atoms with Crippen LogP contribution in [0.4, 0.5) is 4.39 Å². The van der Waals surface area contributed by atoms with Gasteiger partial charge in [-0.05, 0) is 62.7 Å². The van der Waals surface area contributed by atoms with Crippen LogP contribution >= 0.6 is 11.6 Å². The van der Waals surface area contributed by atoms with E-state index >= 15 is 0 Å². The van der Waals surface area contributed by atoms with Gasteiger partial charge in [0.15, 0.2) is 16.9 Å². The second kappa shape index (κ2) is 8.76. The Kier molecular flexibility index (Phi) is 5.72. The predicted molar refractivity (Wildman–Crippen MR) is 133 cm³/mol. The minimum Gasteiger partial charge on any atom is -0.483 e. The minimum absolute atomic E-state index is 0.0993. The highest BCUT2D eigenvalue weighted by atomic mass is 35.5. The Labute approximate surface area is 209 Å². The normalized spacial score (nSPS) is 12.2. The first kappa shape index (κ1) is 23.5. The smallest absolute Gasteiger partial charge is 0.271 e. The Bertz CT molecular complexity index is 1740. The van der Waals surface area contributed by atoms with Gasteiger partial charge in [0.05, 0.1) is 11.6 Å². The van der Waals surface area contributed by atoms with E-state index in [1.165, 1.54) is 22.7 Å². The Morgan fingerprint density at radius 3 is 2.75 bits per heavy atom. The molecule has 0 saturated carbocycles. The molecule has 0 saturated heterocycles. The summed E-state index contributed by atoms with van der Waals surface area (Å²) in [4.78, 5) is 33.2. The fourth-order valence-electron chi connectivity index (χ4n) is 4.18. The number of imidazole rings is 1. The van der Waals surface area contributed by atoms with Crippen LogP contribution in [0.3, 0.4) is 0 Å². The average Bonchev–Trinajstić information content (AvgIpc) is 3.22. The maximum absolute atomic E-state index is 14.2. The van der Waals surface area contributed by atoms with E-state index in [1.807, 2.05) is 13.0 Å². The molecule has 182 valence electrons. The van der Waals surface area contributed by atoms with Gasteiger partial charge < -0.3 is 14.9 Å². The lowest BCUT2D eigenvalue weighted by atomic mass is 10.00. The lowest BCUT2D eigenvalue weighted by Gasteiger charge is -2.19. The van der Waals surface area contributed by atoms with Gasteiger partial charge in [0.2, 0.25) is 5.95 Å². The van der Waals surface area contributed by atoms with E-state index in [1.54, 1.807) is 32.0 Å². The number of halogens is 2. The molecule has 0 aliphatic carbocycles. The number of rotatable bonds is 5. The van der Waals surface area contributed by atoms with Gasteiger partial charge in [-0.25, -0.2) is 9.97 Å². The molecule has 0 spiro atoms. The number of aryl methyl sites for hydroxylation is 1. The number of nitrogens with zero attached hydrogens (tertiary/aromatic N) is 3. The van der Waals surface area contributed by atoms with Crippen molar-refractivity contribution in [2.45, 2.75) is 26.9 Å². The number of hydrogen-bond acceptors (Lipinski definition) is 6. The third kappa shape index (κ3) is 3.97. The molecule has 8 nitrogen and oxygen atoms in total. The number of hydrogen-bond donors (Lipinski definition) is 1. The van der Waals surface area contributed by atoms with Gasteiger partial charge in [-0.3, -0.25) is 14.0 Å². The highest BCUT2D eigenvalue weighted by Crippen LogP contribution is 2.33. The van der Waals surface area contributed by atoms with Crippen molar-refractivity contribution in [2.75, 3.05) is 0 Å². The molecular weight excluding hydrogens is 487 g/mol. The number of carbonyl (C=O) groups is 1. The van der Waals surface area contributed by atoms with Crippen LogP contribution in [-0.2, 0) is 0 Å². The number of nitrogens with two attached hydrogens (primary N) is 1. The van der Waals surface area contributed by atoms with Gasteiger partial charge >= 0.3 is 0 Å². The number of amides is 1. The first-order chi connectivity index (χ1) is 17.1. The zero-order valence-corrected chi connectivity index (χ0v) is 20.3. The molecule has 1 atom stereocenters. The summed E-state index contributed by atoms with van der Waals surface area (Å²) >= 11 is 5.91. The lowest BCUT2D eigenvalue weighted by Crippen LogP contribution is -2.17. The Hall–Kier alpha value is -4.24. The summed E-state index contributed by atoms with van der Waals surface area (Å²) in [5.74, 6) is -0.885. The van der Waals surface area contributed by atoms with E-state index in [0.29, 0.717) is 39.1 Å². The van der Waals surface area contributed by atoms with Crippen LogP contribution in [0.2, 0.25) is 5.15 Å². The zero-order chi connectivity index (χ0) is 25.7. The minimum atomic E-state index is -0.791. The number of fused-ring (bicyclic) bond motifs is 2. The van der Waals surface area contributed by atoms with Crippen molar-refractivity contribution in [3.05, 3.63) is 92.5 Å². The fraction of sp³-hybridized carbons (Fsp3) is 0.154. The number of primary amides is 1. The number of benzene rings is 1. The van der Waals surface area contributed by atoms with Gasteiger partial charge in [-0.15, -0.1) is 0 Å². The van der Waals surface area contributed by atoms with E-state index in [0.717, 1.165) is 11.8 Å². The first-order valence-electron chi connectivity index (χ1n) is 11.0. The van der Waals surface area contributed by atoms with Crippen molar-refractivity contribution in [2.24, 2.45) is 5.73 Å². The summed E-state index contributed by atoms with van der Waals surface area (Å²) in [5.41, 5.74) is 8.13. The van der Waals surface area contributed by atoms with Crippen LogP contribution in [0.5, 0.6) is 5.75 Å². The van der Waals surface area contributed by atoms with Gasteiger partial charge in [-0.1, -0.05) is 11.6 Å². The molecule has 1 amide bonds. The van der Waals surface area contributed by atoms with E-state index in [4.69, 9.17) is 26.5 Å². The molecule has 0 bridgehead atoms. The van der Waals surface area contributed by atoms with E-state index in [2.05, 4.69) is 9.97 Å². The Balaban J connectivity index is 1.68. The maximum atomic E-state index is 14.2. The highest BCUT2D eigenvalue weighted by Gasteiger charge is 2.22. The highest BCUT2D eigenvalue weighted by molar-refractivity contribution is 6.29. The summed E-state index contributed by atoms with van der Waals surface area (Å²) in [6.45, 7) is 5.27. The topological polar surface area (TPSA) is 113 Å². The van der Waals surface area contributed by atoms with Gasteiger partial charge in [-0.2, -0.15) is 4.39 Å². The SMILES string of the molecule is Cc1cc([C@@H](C)Oc2ccc(Cl)nc2C(N)=O)c2oc(-c3ccc4ncc(F)n4c3)c(C)c(=O)c2c1. The number of carbonyl (C=O) groups excluding carboxylic acids is 1. The summed E-state index contributed by atoms with van der Waals surface area (Å²) in [7, 11) is 0. The third-order valence-corrected chi connectivity index (χ3v) is 6.12. The van der Waals surface area contributed by atoms with Crippen LogP contribution in [0, 0.1) is 19.8 Å². The second-order valence-corrected chi connectivity index (χ2v) is 8.84. The van der Waals surface area contributed by atoms with E-state index in [-0.39, 0.29) is 22.0 Å². The molecule has 0 aliphatic rings. The van der Waals surface area contributed by atoms with Crippen molar-refractivity contribution in [3.63, 3.8) is 0 Å². The molecule has 1 aromatic carbocycles. The van der Waals surface area contributed by atoms with Crippen molar-refractivity contribution in [1.29, 1.82) is 0 Å². The van der Waals surface area contributed by atoms with Crippen LogP contribution in [-0.4, -0.2) is 20.3 Å². The molecule has 2 N–H and O–H groups in total. The largest absolute Gasteiger partial charge is 0.483 e. The van der Waals surface area contributed by atoms with Gasteiger partial charge in [0, 0.05) is 22.9 Å². The number of pyridine rings is 2. The third-order valence-electron chi connectivity index (χ3n) is 5.91. The molecule has 4 heterocycles. The summed E-state index contributed by atoms with van der Waals surface area (Å²) in [6.07, 6.45) is 1.98. The van der Waals surface area contributed by atoms with E-state index < -0.39 is 18.0 Å². The van der Waals surface area contributed by atoms with Crippen LogP contribution < -0.4 is 15.9 Å². The molecule has 4 aromatic heterocycles. The second-order valence-electron chi connectivity index (χ2n) is 8.45. The lowest BCUT2D eigenvalue weighted by molar-refractivity contribution is 0.0988. The van der Waals surface area contributed by atoms with Crippen LogP contribution in [0.15, 0.2) is 58.0 Å². The maximum Gasteiger partial charge on any atom is 0.271 e. The molecule has 5 aromatic rings. The monoisotopic (exact) mass is 506 g/mol.